The zero-order valence-electron chi connectivity index (χ0n) is 7.85. The SMILES string of the molecule is C/C=C/C(=O)Nc1c(Cl)cc(F)cc1Cl. The molecule has 0 fully saturated rings. The van der Waals surface area contributed by atoms with Crippen molar-refractivity contribution in [1.82, 2.24) is 0 Å². The molecule has 0 bridgehead atoms. The standard InChI is InChI=1S/C10H8Cl2FNO/c1-2-3-9(15)14-10-7(11)4-6(13)5-8(10)12/h2-5H,1H3,(H,14,15)/b3-2+. The van der Waals surface area contributed by atoms with E-state index in [9.17, 15) is 9.18 Å². The van der Waals surface area contributed by atoms with Crippen molar-refractivity contribution in [1.29, 1.82) is 0 Å². The van der Waals surface area contributed by atoms with Crippen LogP contribution in [0.1, 0.15) is 6.92 Å². The topological polar surface area (TPSA) is 29.1 Å². The minimum Gasteiger partial charge on any atom is -0.320 e. The second-order valence-corrected chi connectivity index (χ2v) is 3.55. The Morgan fingerprint density at radius 3 is 2.40 bits per heavy atom. The summed E-state index contributed by atoms with van der Waals surface area (Å²) in [5, 5.41) is 2.59. The molecule has 15 heavy (non-hydrogen) atoms. The number of hydrogen-bond donors (Lipinski definition) is 1. The molecule has 2 nitrogen and oxygen atoms in total. The van der Waals surface area contributed by atoms with Gasteiger partial charge in [-0.15, -0.1) is 0 Å². The van der Waals surface area contributed by atoms with Crippen molar-refractivity contribution in [3.05, 3.63) is 40.1 Å². The average molecular weight is 248 g/mol. The average Bonchev–Trinajstić information content (AvgIpc) is 2.11. The summed E-state index contributed by atoms with van der Waals surface area (Å²) >= 11 is 11.4. The van der Waals surface area contributed by atoms with Gasteiger partial charge in [0.15, 0.2) is 0 Å². The van der Waals surface area contributed by atoms with Crippen molar-refractivity contribution in [3.63, 3.8) is 0 Å². The van der Waals surface area contributed by atoms with E-state index in [0.717, 1.165) is 12.1 Å². The largest absolute Gasteiger partial charge is 0.320 e. The number of hydrogen-bond acceptors (Lipinski definition) is 1. The van der Waals surface area contributed by atoms with Gasteiger partial charge in [-0.3, -0.25) is 4.79 Å². The lowest BCUT2D eigenvalue weighted by molar-refractivity contribution is -0.111. The van der Waals surface area contributed by atoms with E-state index >= 15 is 0 Å². The molecule has 0 radical (unpaired) electrons. The molecule has 0 unspecified atom stereocenters. The lowest BCUT2D eigenvalue weighted by Crippen LogP contribution is -2.08. The monoisotopic (exact) mass is 247 g/mol. The first kappa shape index (κ1) is 12.0. The van der Waals surface area contributed by atoms with Gasteiger partial charge >= 0.3 is 0 Å². The molecule has 1 rings (SSSR count). The lowest BCUT2D eigenvalue weighted by atomic mass is 10.3. The van der Waals surface area contributed by atoms with E-state index in [1.807, 2.05) is 0 Å². The molecule has 0 saturated heterocycles. The summed E-state index contributed by atoms with van der Waals surface area (Å²) in [6.07, 6.45) is 2.89. The molecular formula is C10H8Cl2FNO. The van der Waals surface area contributed by atoms with Crippen molar-refractivity contribution >= 4 is 34.8 Å². The molecule has 0 heterocycles. The van der Waals surface area contributed by atoms with E-state index in [4.69, 9.17) is 23.2 Å². The highest BCUT2D eigenvalue weighted by Gasteiger charge is 2.09. The van der Waals surface area contributed by atoms with Crippen molar-refractivity contribution in [3.8, 4) is 0 Å². The lowest BCUT2D eigenvalue weighted by Gasteiger charge is -2.07. The third kappa shape index (κ3) is 3.22. The third-order valence-corrected chi connectivity index (χ3v) is 2.17. The number of anilines is 1. The van der Waals surface area contributed by atoms with Gasteiger partial charge in [-0.1, -0.05) is 29.3 Å². The van der Waals surface area contributed by atoms with Crippen molar-refractivity contribution in [2.75, 3.05) is 5.32 Å². The fraction of sp³-hybridized carbons (Fsp3) is 0.100. The second kappa shape index (κ2) is 5.14. The number of rotatable bonds is 2. The molecule has 1 amide bonds. The van der Waals surface area contributed by atoms with Crippen LogP contribution in [0.15, 0.2) is 24.3 Å². The van der Waals surface area contributed by atoms with Crippen LogP contribution < -0.4 is 5.32 Å². The van der Waals surface area contributed by atoms with Gasteiger partial charge in [-0.2, -0.15) is 0 Å². The van der Waals surface area contributed by atoms with E-state index in [0.29, 0.717) is 0 Å². The van der Waals surface area contributed by atoms with Crippen LogP contribution in [0, 0.1) is 5.82 Å². The van der Waals surface area contributed by atoms with Crippen LogP contribution in [0.4, 0.5) is 10.1 Å². The fourth-order valence-corrected chi connectivity index (χ4v) is 1.53. The van der Waals surface area contributed by atoms with Gasteiger partial charge in [0.2, 0.25) is 5.91 Å². The first-order valence-corrected chi connectivity index (χ1v) is 4.88. The van der Waals surface area contributed by atoms with Crippen LogP contribution in [-0.4, -0.2) is 5.91 Å². The third-order valence-electron chi connectivity index (χ3n) is 1.57. The van der Waals surface area contributed by atoms with Crippen molar-refractivity contribution in [2.45, 2.75) is 6.92 Å². The molecule has 5 heteroatoms. The molecule has 1 N–H and O–H groups in total. The summed E-state index contributed by atoms with van der Waals surface area (Å²) < 4.78 is 12.8. The van der Waals surface area contributed by atoms with E-state index in [-0.39, 0.29) is 21.6 Å². The molecule has 1 aromatic rings. The minimum absolute atomic E-state index is 0.0675. The maximum Gasteiger partial charge on any atom is 0.248 e. The normalized spacial score (nSPS) is 10.7. The second-order valence-electron chi connectivity index (χ2n) is 2.73. The first-order valence-electron chi connectivity index (χ1n) is 4.13. The Hall–Kier alpha value is -1.06. The summed E-state index contributed by atoms with van der Waals surface area (Å²) in [5.74, 6) is -0.915. The summed E-state index contributed by atoms with van der Waals surface area (Å²) in [6, 6.07) is 2.16. The van der Waals surface area contributed by atoms with E-state index in [1.165, 1.54) is 6.08 Å². The van der Waals surface area contributed by atoms with Gasteiger partial charge in [0.25, 0.3) is 0 Å². The molecule has 0 atom stereocenters. The summed E-state index contributed by atoms with van der Waals surface area (Å²) in [6.45, 7) is 1.70. The van der Waals surface area contributed by atoms with E-state index < -0.39 is 5.82 Å². The number of carbonyl (C=O) groups excluding carboxylic acids is 1. The Morgan fingerprint density at radius 2 is 1.93 bits per heavy atom. The highest BCUT2D eigenvalue weighted by molar-refractivity contribution is 6.39. The molecule has 0 aromatic heterocycles. The number of benzene rings is 1. The summed E-state index contributed by atoms with van der Waals surface area (Å²) in [5.41, 5.74) is 0.211. The number of carbonyl (C=O) groups is 1. The molecule has 0 aliphatic carbocycles. The minimum atomic E-state index is -0.547. The first-order chi connectivity index (χ1) is 7.04. The molecule has 0 spiro atoms. The number of amides is 1. The number of halogens is 3. The van der Waals surface area contributed by atoms with Gasteiger partial charge in [-0.25, -0.2) is 4.39 Å². The van der Waals surface area contributed by atoms with Gasteiger partial charge in [0, 0.05) is 0 Å². The summed E-state index contributed by atoms with van der Waals surface area (Å²) in [7, 11) is 0. The van der Waals surface area contributed by atoms with E-state index in [1.54, 1.807) is 13.0 Å². The van der Waals surface area contributed by atoms with Crippen LogP contribution in [0.5, 0.6) is 0 Å². The Kier molecular flexibility index (Phi) is 4.12. The van der Waals surface area contributed by atoms with Crippen LogP contribution >= 0.6 is 23.2 Å². The van der Waals surface area contributed by atoms with Crippen LogP contribution in [0.25, 0.3) is 0 Å². The van der Waals surface area contributed by atoms with Crippen LogP contribution in [0.2, 0.25) is 10.0 Å². The Morgan fingerprint density at radius 1 is 1.40 bits per heavy atom. The summed E-state index contributed by atoms with van der Waals surface area (Å²) in [4.78, 5) is 11.2. The zero-order chi connectivity index (χ0) is 11.4. The molecule has 0 saturated carbocycles. The maximum atomic E-state index is 12.8. The predicted octanol–water partition coefficient (Wildman–Crippen LogP) is 3.65. The number of nitrogens with one attached hydrogen (secondary N) is 1. The smallest absolute Gasteiger partial charge is 0.248 e. The van der Waals surface area contributed by atoms with E-state index in [2.05, 4.69) is 5.32 Å². The maximum absolute atomic E-state index is 12.8. The molecular weight excluding hydrogens is 240 g/mol. The van der Waals surface area contributed by atoms with Crippen molar-refractivity contribution < 1.29 is 9.18 Å². The van der Waals surface area contributed by atoms with Gasteiger partial charge in [0.1, 0.15) is 5.82 Å². The molecule has 1 aromatic carbocycles. The van der Waals surface area contributed by atoms with Gasteiger partial charge in [-0.05, 0) is 25.1 Å². The molecule has 0 aliphatic heterocycles. The molecule has 80 valence electrons. The van der Waals surface area contributed by atoms with Crippen LogP contribution in [-0.2, 0) is 4.79 Å². The predicted molar refractivity (Wildman–Crippen MR) is 59.9 cm³/mol. The highest BCUT2D eigenvalue weighted by atomic mass is 35.5. The molecule has 0 aliphatic rings. The van der Waals surface area contributed by atoms with Gasteiger partial charge < -0.3 is 5.32 Å². The quantitative estimate of drug-likeness (QED) is 0.795. The fourth-order valence-electron chi connectivity index (χ4n) is 0.978. The Balaban J connectivity index is 3.00. The highest BCUT2D eigenvalue weighted by Crippen LogP contribution is 2.31. The van der Waals surface area contributed by atoms with Crippen LogP contribution in [0.3, 0.4) is 0 Å². The zero-order valence-corrected chi connectivity index (χ0v) is 9.36. The number of allylic oxidation sites excluding steroid dienone is 1. The Bertz CT molecular complexity index is 395. The Labute approximate surface area is 96.7 Å². The van der Waals surface area contributed by atoms with Crippen molar-refractivity contribution in [2.24, 2.45) is 0 Å². The van der Waals surface area contributed by atoms with Gasteiger partial charge in [0.05, 0.1) is 15.7 Å².